The highest BCUT2D eigenvalue weighted by atomic mass is 35.5. The number of phenols is 1. The van der Waals surface area contributed by atoms with Crippen LogP contribution >= 0.6 is 12.4 Å². The highest BCUT2D eigenvalue weighted by Crippen LogP contribution is 2.16. The van der Waals surface area contributed by atoms with E-state index < -0.39 is 0 Å². The number of hydrogen-bond donors (Lipinski definition) is 2. The number of nitrogens with zero attached hydrogens (tertiary/aromatic N) is 1. The molecule has 1 aromatic carbocycles. The van der Waals surface area contributed by atoms with Crippen LogP contribution in [0, 0.1) is 5.92 Å². The minimum Gasteiger partial charge on any atom is -0.508 e. The van der Waals surface area contributed by atoms with Gasteiger partial charge in [0.25, 0.3) is 0 Å². The van der Waals surface area contributed by atoms with Gasteiger partial charge in [-0.1, -0.05) is 12.1 Å². The Morgan fingerprint density at radius 3 is 2.65 bits per heavy atom. The van der Waals surface area contributed by atoms with Gasteiger partial charge in [0.1, 0.15) is 5.75 Å². The van der Waals surface area contributed by atoms with E-state index in [1.165, 1.54) is 31.5 Å². The molecular weight excluding hydrogens is 272 g/mol. The van der Waals surface area contributed by atoms with Crippen LogP contribution in [-0.4, -0.2) is 42.7 Å². The van der Waals surface area contributed by atoms with E-state index in [-0.39, 0.29) is 12.4 Å². The number of rotatable bonds is 5. The van der Waals surface area contributed by atoms with Gasteiger partial charge in [0.15, 0.2) is 0 Å². The molecule has 0 spiro atoms. The molecule has 1 aromatic rings. The molecule has 0 aromatic heterocycles. The first kappa shape index (κ1) is 17.3. The molecule has 2 rings (SSSR count). The van der Waals surface area contributed by atoms with Crippen molar-refractivity contribution in [2.75, 3.05) is 26.7 Å². The summed E-state index contributed by atoms with van der Waals surface area (Å²) in [6.45, 7) is 5.80. The van der Waals surface area contributed by atoms with Crippen molar-refractivity contribution in [3.05, 3.63) is 29.8 Å². The predicted octanol–water partition coefficient (Wildman–Crippen LogP) is 2.68. The summed E-state index contributed by atoms with van der Waals surface area (Å²) >= 11 is 0. The van der Waals surface area contributed by atoms with E-state index in [9.17, 15) is 5.11 Å². The number of piperidine rings is 1. The first-order valence-corrected chi connectivity index (χ1v) is 7.34. The van der Waals surface area contributed by atoms with Crippen LogP contribution in [0.25, 0.3) is 0 Å². The van der Waals surface area contributed by atoms with Gasteiger partial charge in [0, 0.05) is 12.6 Å². The van der Waals surface area contributed by atoms with Crippen LogP contribution in [-0.2, 0) is 6.42 Å². The zero-order valence-corrected chi connectivity index (χ0v) is 13.3. The molecule has 2 atom stereocenters. The molecule has 1 heterocycles. The summed E-state index contributed by atoms with van der Waals surface area (Å²) in [5.41, 5.74) is 1.29. The third-order valence-corrected chi connectivity index (χ3v) is 4.17. The van der Waals surface area contributed by atoms with Crippen molar-refractivity contribution in [1.82, 2.24) is 10.2 Å². The number of hydrogen-bond acceptors (Lipinski definition) is 3. The van der Waals surface area contributed by atoms with Crippen molar-refractivity contribution < 1.29 is 5.11 Å². The van der Waals surface area contributed by atoms with Crippen molar-refractivity contribution in [2.45, 2.75) is 32.2 Å². The lowest BCUT2D eigenvalue weighted by atomic mass is 9.98. The number of nitrogens with one attached hydrogen (secondary N) is 1. The number of aromatic hydroxyl groups is 1. The Hall–Kier alpha value is -0.770. The van der Waals surface area contributed by atoms with Crippen molar-refractivity contribution in [1.29, 1.82) is 0 Å². The van der Waals surface area contributed by atoms with E-state index in [0.717, 1.165) is 18.9 Å². The van der Waals surface area contributed by atoms with Crippen molar-refractivity contribution in [3.63, 3.8) is 0 Å². The number of halogens is 1. The Morgan fingerprint density at radius 1 is 1.35 bits per heavy atom. The summed E-state index contributed by atoms with van der Waals surface area (Å²) in [4.78, 5) is 2.46. The summed E-state index contributed by atoms with van der Waals surface area (Å²) in [6, 6.07) is 8.11. The van der Waals surface area contributed by atoms with E-state index in [4.69, 9.17) is 0 Å². The fourth-order valence-electron chi connectivity index (χ4n) is 2.80. The fourth-order valence-corrected chi connectivity index (χ4v) is 2.80. The molecule has 114 valence electrons. The second-order valence-electron chi connectivity index (χ2n) is 5.87. The molecular formula is C16H27ClN2O. The highest BCUT2D eigenvalue weighted by Gasteiger charge is 2.18. The van der Waals surface area contributed by atoms with Crippen LogP contribution in [0.2, 0.25) is 0 Å². The van der Waals surface area contributed by atoms with Crippen molar-refractivity contribution in [2.24, 2.45) is 5.92 Å². The molecule has 1 fully saturated rings. The Bertz CT molecular complexity index is 377. The lowest BCUT2D eigenvalue weighted by molar-refractivity contribution is 0.197. The average Bonchev–Trinajstić information content (AvgIpc) is 2.42. The number of phenolic OH excluding ortho intramolecular Hbond substituents is 1. The van der Waals surface area contributed by atoms with Gasteiger partial charge >= 0.3 is 0 Å². The van der Waals surface area contributed by atoms with Crippen LogP contribution in [0.1, 0.15) is 25.3 Å². The van der Waals surface area contributed by atoms with Crippen LogP contribution in [0.4, 0.5) is 0 Å². The molecule has 4 heteroatoms. The van der Waals surface area contributed by atoms with Crippen molar-refractivity contribution >= 4 is 12.4 Å². The van der Waals surface area contributed by atoms with Gasteiger partial charge in [-0.2, -0.15) is 0 Å². The molecule has 0 bridgehead atoms. The largest absolute Gasteiger partial charge is 0.508 e. The number of likely N-dealkylation sites (N-methyl/N-ethyl adjacent to an activating group) is 1. The highest BCUT2D eigenvalue weighted by molar-refractivity contribution is 5.85. The van der Waals surface area contributed by atoms with Gasteiger partial charge in [-0.25, -0.2) is 0 Å². The van der Waals surface area contributed by atoms with Gasteiger partial charge in [0.05, 0.1) is 0 Å². The maximum absolute atomic E-state index is 9.30. The van der Waals surface area contributed by atoms with Gasteiger partial charge in [-0.3, -0.25) is 0 Å². The van der Waals surface area contributed by atoms with Gasteiger partial charge in [-0.15, -0.1) is 12.4 Å². The maximum Gasteiger partial charge on any atom is 0.115 e. The summed E-state index contributed by atoms with van der Waals surface area (Å²) < 4.78 is 0. The SMILES string of the molecule is CC(Cc1ccc(O)cc1)N(C)CC1CCCNC1.Cl. The fraction of sp³-hybridized carbons (Fsp3) is 0.625. The van der Waals surface area contributed by atoms with Crippen molar-refractivity contribution in [3.8, 4) is 5.75 Å². The Kier molecular flexibility index (Phi) is 7.35. The first-order chi connectivity index (χ1) is 9.15. The molecule has 0 saturated carbocycles. The smallest absolute Gasteiger partial charge is 0.115 e. The van der Waals surface area contributed by atoms with E-state index in [0.29, 0.717) is 11.8 Å². The van der Waals surface area contributed by atoms with E-state index >= 15 is 0 Å². The third-order valence-electron chi connectivity index (χ3n) is 4.17. The third kappa shape index (κ3) is 5.31. The van der Waals surface area contributed by atoms with Gasteiger partial charge in [0.2, 0.25) is 0 Å². The average molecular weight is 299 g/mol. The zero-order chi connectivity index (χ0) is 13.7. The number of benzene rings is 1. The minimum atomic E-state index is 0. The Morgan fingerprint density at radius 2 is 2.05 bits per heavy atom. The lowest BCUT2D eigenvalue weighted by Gasteiger charge is -2.31. The molecule has 1 saturated heterocycles. The first-order valence-electron chi connectivity index (χ1n) is 7.34. The molecule has 3 nitrogen and oxygen atoms in total. The molecule has 0 amide bonds. The van der Waals surface area contributed by atoms with Crippen LogP contribution in [0.5, 0.6) is 5.75 Å². The maximum atomic E-state index is 9.30. The Balaban J connectivity index is 0.00000200. The second-order valence-corrected chi connectivity index (χ2v) is 5.87. The summed E-state index contributed by atoms with van der Waals surface area (Å²) in [5, 5.41) is 12.8. The van der Waals surface area contributed by atoms with E-state index in [1.807, 2.05) is 12.1 Å². The molecule has 0 radical (unpaired) electrons. The molecule has 1 aliphatic rings. The molecule has 0 aliphatic carbocycles. The van der Waals surface area contributed by atoms with Crippen LogP contribution in [0.15, 0.2) is 24.3 Å². The summed E-state index contributed by atoms with van der Waals surface area (Å²) in [6.07, 6.45) is 3.70. The topological polar surface area (TPSA) is 35.5 Å². The molecule has 1 aliphatic heterocycles. The summed E-state index contributed by atoms with van der Waals surface area (Å²) in [7, 11) is 2.22. The van der Waals surface area contributed by atoms with Gasteiger partial charge < -0.3 is 15.3 Å². The monoisotopic (exact) mass is 298 g/mol. The summed E-state index contributed by atoms with van der Waals surface area (Å²) in [5.74, 6) is 1.14. The second kappa shape index (κ2) is 8.50. The van der Waals surface area contributed by atoms with E-state index in [2.05, 4.69) is 24.2 Å². The van der Waals surface area contributed by atoms with Crippen LogP contribution < -0.4 is 5.32 Å². The van der Waals surface area contributed by atoms with E-state index in [1.54, 1.807) is 12.1 Å². The lowest BCUT2D eigenvalue weighted by Crippen LogP contribution is -2.40. The van der Waals surface area contributed by atoms with Gasteiger partial charge in [-0.05, 0) is 69.9 Å². The standard InChI is InChI=1S/C16H26N2O.ClH/c1-13(10-14-5-7-16(19)8-6-14)18(2)12-15-4-3-9-17-11-15;/h5-8,13,15,17,19H,3-4,9-12H2,1-2H3;1H. The minimum absolute atomic E-state index is 0. The molecule has 20 heavy (non-hydrogen) atoms. The molecule has 2 N–H and O–H groups in total. The Labute approximate surface area is 128 Å². The predicted molar refractivity (Wildman–Crippen MR) is 86.7 cm³/mol. The van der Waals surface area contributed by atoms with Crippen LogP contribution in [0.3, 0.4) is 0 Å². The normalized spacial score (nSPS) is 20.4. The zero-order valence-electron chi connectivity index (χ0n) is 12.5. The molecule has 2 unspecified atom stereocenters. The quantitative estimate of drug-likeness (QED) is 0.877.